The average Bonchev–Trinajstić information content (AvgIpc) is 2.18. The Labute approximate surface area is 126 Å². The monoisotopic (exact) mass is 417 g/mol. The van der Waals surface area contributed by atoms with Gasteiger partial charge in [0.2, 0.25) is 0 Å². The largest absolute Gasteiger partial charge is 0.383 e. The zero-order chi connectivity index (χ0) is 10.4. The van der Waals surface area contributed by atoms with E-state index in [1.165, 1.54) is 12.8 Å². The molecule has 0 radical (unpaired) electrons. The van der Waals surface area contributed by atoms with Crippen molar-refractivity contribution in [2.24, 2.45) is 0 Å². The first kappa shape index (κ1) is 18.7. The van der Waals surface area contributed by atoms with Gasteiger partial charge in [0.05, 0.1) is 0 Å². The molecule has 0 saturated carbocycles. The van der Waals surface area contributed by atoms with Gasteiger partial charge in [-0.2, -0.15) is 0 Å². The van der Waals surface area contributed by atoms with Crippen LogP contribution in [-0.2, 0) is 11.8 Å². The molecule has 0 saturated heterocycles. The van der Waals surface area contributed by atoms with Crippen LogP contribution in [0.25, 0.3) is 0 Å². The maximum Gasteiger partial charge on any atom is 0.131 e. The Bertz CT molecular complexity index is 295. The maximum absolute atomic E-state index is 5.76. The first-order valence-corrected chi connectivity index (χ1v) is 6.06. The molecule has 0 aliphatic rings. The molecule has 0 aliphatic heterocycles. The molecule has 1 rings (SSSR count). The lowest BCUT2D eigenvalue weighted by atomic mass is 10.2. The molecular formula is C10H18Br3N3. The summed E-state index contributed by atoms with van der Waals surface area (Å²) in [5, 5.41) is 0.716. The minimum absolute atomic E-state index is 0. The highest BCUT2D eigenvalue weighted by Crippen LogP contribution is 2.12. The van der Waals surface area contributed by atoms with E-state index in [0.29, 0.717) is 11.1 Å². The number of halogens is 3. The lowest BCUT2D eigenvalue weighted by molar-refractivity contribution is 0.693. The van der Waals surface area contributed by atoms with Crippen molar-refractivity contribution in [3.8, 4) is 0 Å². The molecular weight excluding hydrogens is 402 g/mol. The third-order valence-electron chi connectivity index (χ3n) is 2.10. The Kier molecular flexibility index (Phi) is 12.2. The average molecular weight is 420 g/mol. The van der Waals surface area contributed by atoms with Crippen LogP contribution >= 0.6 is 49.9 Å². The lowest BCUT2D eigenvalue weighted by Crippen LogP contribution is -2.02. The molecule has 1 aromatic rings. The van der Waals surface area contributed by atoms with Crippen molar-refractivity contribution in [2.45, 2.75) is 37.9 Å². The summed E-state index contributed by atoms with van der Waals surface area (Å²) in [5.41, 5.74) is 6.72. The minimum Gasteiger partial charge on any atom is -0.383 e. The molecule has 0 amide bonds. The van der Waals surface area contributed by atoms with Crippen LogP contribution in [0.3, 0.4) is 0 Å². The summed E-state index contributed by atoms with van der Waals surface area (Å²) in [6.45, 7) is 2.18. The fourth-order valence-electron chi connectivity index (χ4n) is 1.21. The van der Waals surface area contributed by atoms with Crippen molar-refractivity contribution in [1.82, 2.24) is 9.97 Å². The fourth-order valence-corrected chi connectivity index (χ4v) is 1.65. The normalized spacial score (nSPS) is 9.12. The molecule has 1 aromatic heterocycles. The van der Waals surface area contributed by atoms with Crippen LogP contribution in [-0.4, -0.2) is 9.97 Å². The summed E-state index contributed by atoms with van der Waals surface area (Å²) in [6, 6.07) is 0. The number of anilines is 1. The Morgan fingerprint density at radius 1 is 1.31 bits per heavy atom. The smallest absolute Gasteiger partial charge is 0.131 e. The van der Waals surface area contributed by atoms with Crippen molar-refractivity contribution >= 4 is 55.7 Å². The van der Waals surface area contributed by atoms with Crippen molar-refractivity contribution in [3.05, 3.63) is 17.6 Å². The Hall–Kier alpha value is 0.320. The Morgan fingerprint density at radius 2 is 2.00 bits per heavy atom. The third-order valence-corrected chi connectivity index (χ3v) is 2.70. The first-order valence-electron chi connectivity index (χ1n) is 4.94. The van der Waals surface area contributed by atoms with E-state index >= 15 is 0 Å². The van der Waals surface area contributed by atoms with Gasteiger partial charge in [-0.15, -0.1) is 34.0 Å². The van der Waals surface area contributed by atoms with Gasteiger partial charge >= 0.3 is 0 Å². The second-order valence-electron chi connectivity index (χ2n) is 3.29. The summed E-state index contributed by atoms with van der Waals surface area (Å²) in [7, 11) is 0. The van der Waals surface area contributed by atoms with Crippen LogP contribution in [0, 0.1) is 0 Å². The maximum atomic E-state index is 5.76. The lowest BCUT2D eigenvalue weighted by Gasteiger charge is -2.03. The first-order chi connectivity index (χ1) is 6.77. The molecule has 1 heterocycles. The number of aryl methyl sites for hydroxylation is 1. The van der Waals surface area contributed by atoms with Crippen LogP contribution in [0.15, 0.2) is 6.20 Å². The van der Waals surface area contributed by atoms with Crippen molar-refractivity contribution in [3.63, 3.8) is 0 Å². The molecule has 0 unspecified atom stereocenters. The van der Waals surface area contributed by atoms with Gasteiger partial charge < -0.3 is 5.73 Å². The van der Waals surface area contributed by atoms with Gasteiger partial charge in [-0.25, -0.2) is 9.97 Å². The molecule has 94 valence electrons. The number of aromatic nitrogens is 2. The van der Waals surface area contributed by atoms with Crippen molar-refractivity contribution in [2.75, 3.05) is 5.73 Å². The quantitative estimate of drug-likeness (QED) is 0.582. The van der Waals surface area contributed by atoms with Gasteiger partial charge in [-0.05, 0) is 6.42 Å². The van der Waals surface area contributed by atoms with Crippen LogP contribution < -0.4 is 5.73 Å². The summed E-state index contributed by atoms with van der Waals surface area (Å²) < 4.78 is 0. The van der Waals surface area contributed by atoms with E-state index in [0.717, 1.165) is 24.2 Å². The van der Waals surface area contributed by atoms with Crippen LogP contribution in [0.4, 0.5) is 5.82 Å². The number of rotatable bonds is 5. The van der Waals surface area contributed by atoms with Crippen molar-refractivity contribution in [1.29, 1.82) is 0 Å². The number of nitrogens with two attached hydrogens (primary N) is 1. The van der Waals surface area contributed by atoms with E-state index in [4.69, 9.17) is 5.73 Å². The molecule has 0 bridgehead atoms. The van der Waals surface area contributed by atoms with E-state index in [-0.39, 0.29) is 34.0 Å². The van der Waals surface area contributed by atoms with E-state index in [1.54, 1.807) is 6.20 Å². The molecule has 6 heteroatoms. The van der Waals surface area contributed by atoms with Gasteiger partial charge in [0.1, 0.15) is 11.6 Å². The summed E-state index contributed by atoms with van der Waals surface area (Å²) in [6.07, 6.45) is 6.32. The summed E-state index contributed by atoms with van der Waals surface area (Å²) in [5.74, 6) is 1.46. The van der Waals surface area contributed by atoms with Gasteiger partial charge in [-0.3, -0.25) is 0 Å². The highest BCUT2D eigenvalue weighted by molar-refractivity contribution is 9.08. The van der Waals surface area contributed by atoms with Crippen LogP contribution in [0.1, 0.15) is 37.6 Å². The Morgan fingerprint density at radius 3 is 2.50 bits per heavy atom. The standard InChI is InChI=1S/C10H16BrN3.2BrH/c1-2-3-4-5-9-13-7-8(6-11)10(12)14-9;;/h7H,2-6H2,1H3,(H2,12,13,14);2*1H. The molecule has 16 heavy (non-hydrogen) atoms. The second kappa shape index (κ2) is 10.5. The number of nitrogen functional groups attached to an aromatic ring is 1. The van der Waals surface area contributed by atoms with E-state index < -0.39 is 0 Å². The zero-order valence-corrected chi connectivity index (χ0v) is 14.3. The van der Waals surface area contributed by atoms with E-state index in [9.17, 15) is 0 Å². The number of nitrogens with zero attached hydrogens (tertiary/aromatic N) is 2. The summed E-state index contributed by atoms with van der Waals surface area (Å²) >= 11 is 3.34. The molecule has 0 atom stereocenters. The van der Waals surface area contributed by atoms with Gasteiger partial charge in [0.15, 0.2) is 0 Å². The number of unbranched alkanes of at least 4 members (excludes halogenated alkanes) is 2. The number of alkyl halides is 1. The van der Waals surface area contributed by atoms with Gasteiger partial charge in [-0.1, -0.05) is 35.7 Å². The van der Waals surface area contributed by atoms with Gasteiger partial charge in [0, 0.05) is 23.5 Å². The predicted molar refractivity (Wildman–Crippen MR) is 82.9 cm³/mol. The highest BCUT2D eigenvalue weighted by Gasteiger charge is 2.02. The summed E-state index contributed by atoms with van der Waals surface area (Å²) in [4.78, 5) is 8.51. The molecule has 0 fully saturated rings. The van der Waals surface area contributed by atoms with Crippen LogP contribution in [0.5, 0.6) is 0 Å². The molecule has 2 N–H and O–H groups in total. The van der Waals surface area contributed by atoms with E-state index in [2.05, 4.69) is 32.8 Å². The SMILES string of the molecule is Br.Br.CCCCCc1ncc(CBr)c(N)n1. The topological polar surface area (TPSA) is 51.8 Å². The fraction of sp³-hybridized carbons (Fsp3) is 0.600. The predicted octanol–water partition coefficient (Wildman–Crippen LogP) is 3.84. The van der Waals surface area contributed by atoms with Crippen molar-refractivity contribution < 1.29 is 0 Å². The second-order valence-corrected chi connectivity index (χ2v) is 3.85. The zero-order valence-electron chi connectivity index (χ0n) is 9.28. The number of hydrogen-bond donors (Lipinski definition) is 1. The third kappa shape index (κ3) is 6.15. The molecule has 0 aromatic carbocycles. The molecule has 0 spiro atoms. The molecule has 0 aliphatic carbocycles. The Balaban J connectivity index is 0. The van der Waals surface area contributed by atoms with E-state index in [1.807, 2.05) is 0 Å². The van der Waals surface area contributed by atoms with Gasteiger partial charge in [0.25, 0.3) is 0 Å². The number of hydrogen-bond acceptors (Lipinski definition) is 3. The molecule has 3 nitrogen and oxygen atoms in total. The highest BCUT2D eigenvalue weighted by atomic mass is 79.9. The minimum atomic E-state index is 0. The van der Waals surface area contributed by atoms with Crippen LogP contribution in [0.2, 0.25) is 0 Å².